The molecule has 13 rings (SSSR count). The molecule has 0 aliphatic heterocycles. The lowest BCUT2D eigenvalue weighted by atomic mass is 9.79. The van der Waals surface area contributed by atoms with Crippen molar-refractivity contribution in [3.05, 3.63) is 235 Å². The molecule has 0 radical (unpaired) electrons. The molecule has 0 fully saturated rings. The van der Waals surface area contributed by atoms with E-state index in [0.29, 0.717) is 44.5 Å². The van der Waals surface area contributed by atoms with Gasteiger partial charge in [-0.1, -0.05) is 95.9 Å². The van der Waals surface area contributed by atoms with Crippen LogP contribution in [0.25, 0.3) is 44.5 Å². The molecule has 0 spiro atoms. The fourth-order valence-corrected chi connectivity index (χ4v) is 14.5. The van der Waals surface area contributed by atoms with Crippen LogP contribution in [0.2, 0.25) is 0 Å². The fourth-order valence-electron chi connectivity index (χ4n) is 14.5. The van der Waals surface area contributed by atoms with E-state index in [9.17, 15) is 38.4 Å². The molecule has 0 saturated heterocycles. The SMILES string of the molecule is CC(=O)OCC1(COC(C)=O)c2ccc3cc2-c2cc(ccc21)C#Cc1ccc2c(c1)-c1cc(ccc1C2(COC(C)=O)COC(C)=O)C#Cc1ccc2c(c1)-c1cc(ccc1C2(COC(C)=O)COC(C)=O)C#Cc1ccc2c(c1)-c1cc(ccc1C2(COC(C)=O)COC(C)=O)C#C3. The van der Waals surface area contributed by atoms with Gasteiger partial charge in [-0.3, -0.25) is 38.4 Å². The monoisotopic (exact) mass is 1330 g/mol. The lowest BCUT2D eigenvalue weighted by Crippen LogP contribution is -2.38. The maximum Gasteiger partial charge on any atom is 0.302 e. The van der Waals surface area contributed by atoms with Crippen molar-refractivity contribution in [1.29, 1.82) is 0 Å². The summed E-state index contributed by atoms with van der Waals surface area (Å²) in [6, 6.07) is 45.8. The molecule has 0 heterocycles. The maximum atomic E-state index is 12.6. The van der Waals surface area contributed by atoms with Gasteiger partial charge in [0, 0.05) is 99.9 Å². The minimum atomic E-state index is -1.12. The third-order valence-corrected chi connectivity index (χ3v) is 19.0. The predicted molar refractivity (Wildman–Crippen MR) is 368 cm³/mol. The van der Waals surface area contributed by atoms with Crippen molar-refractivity contribution >= 4 is 47.8 Å². The van der Waals surface area contributed by atoms with Gasteiger partial charge >= 0.3 is 47.8 Å². The predicted octanol–water partition coefficient (Wildman–Crippen LogP) is 11.2. The van der Waals surface area contributed by atoms with Crippen molar-refractivity contribution < 1.29 is 76.3 Å². The molecular formula is C84H64O16. The quantitative estimate of drug-likeness (QED) is 0.0500. The lowest BCUT2D eigenvalue weighted by molar-refractivity contribution is -0.148. The zero-order valence-electron chi connectivity index (χ0n) is 56.0. The Bertz CT molecular complexity index is 4230. The normalized spacial score (nSPS) is 14.2. The first-order chi connectivity index (χ1) is 48.0. The van der Waals surface area contributed by atoms with Crippen molar-refractivity contribution in [2.75, 3.05) is 52.9 Å². The van der Waals surface area contributed by atoms with Gasteiger partial charge in [-0.2, -0.15) is 0 Å². The Morgan fingerprint density at radius 2 is 0.320 bits per heavy atom. The molecule has 0 saturated carbocycles. The van der Waals surface area contributed by atoms with Crippen LogP contribution in [0.5, 0.6) is 0 Å². The summed E-state index contributed by atoms with van der Waals surface area (Å²) >= 11 is 0. The van der Waals surface area contributed by atoms with Crippen molar-refractivity contribution in [1.82, 2.24) is 0 Å². The summed E-state index contributed by atoms with van der Waals surface area (Å²) < 4.78 is 46.4. The van der Waals surface area contributed by atoms with Gasteiger partial charge in [0.05, 0.1) is 21.7 Å². The number of carbonyl (C=O) groups excluding carboxylic acids is 8. The average Bonchev–Trinajstić information content (AvgIpc) is 1.61. The highest BCUT2D eigenvalue weighted by molar-refractivity contribution is 5.89. The van der Waals surface area contributed by atoms with E-state index in [2.05, 4.69) is 47.4 Å². The molecular weight excluding hydrogens is 1260 g/mol. The highest BCUT2D eigenvalue weighted by Crippen LogP contribution is 2.55. The van der Waals surface area contributed by atoms with E-state index in [-0.39, 0.29) is 52.9 Å². The van der Waals surface area contributed by atoms with E-state index in [1.807, 2.05) is 146 Å². The van der Waals surface area contributed by atoms with Crippen LogP contribution in [0, 0.1) is 47.4 Å². The maximum absolute atomic E-state index is 12.6. The Kier molecular flexibility index (Phi) is 17.5. The van der Waals surface area contributed by atoms with Gasteiger partial charge in [0.1, 0.15) is 52.9 Å². The van der Waals surface area contributed by atoms with Crippen LogP contribution in [-0.4, -0.2) is 101 Å². The number of hydrogen-bond donors (Lipinski definition) is 0. The molecule has 0 aromatic heterocycles. The Morgan fingerprint density at radius 3 is 0.420 bits per heavy atom. The van der Waals surface area contributed by atoms with Gasteiger partial charge in [-0.25, -0.2) is 0 Å². The molecule has 8 aromatic carbocycles. The molecule has 16 heteroatoms. The first-order valence-electron chi connectivity index (χ1n) is 32.3. The van der Waals surface area contributed by atoms with Crippen molar-refractivity contribution in [3.8, 4) is 91.9 Å². The third kappa shape index (κ3) is 12.3. The van der Waals surface area contributed by atoms with Crippen LogP contribution in [0.1, 0.15) is 144 Å². The minimum absolute atomic E-state index is 0.144. The number of ether oxygens (including phenoxy) is 8. The zero-order valence-corrected chi connectivity index (χ0v) is 56.0. The molecule has 100 heavy (non-hydrogen) atoms. The van der Waals surface area contributed by atoms with Crippen LogP contribution >= 0.6 is 0 Å². The summed E-state index contributed by atoms with van der Waals surface area (Å²) in [5.41, 5.74) is 12.4. The van der Waals surface area contributed by atoms with Gasteiger partial charge in [-0.15, -0.1) is 0 Å². The standard InChI is InChI=1S/C84H64O16/c1-49(85)93-41-81(42-94-50(2)86)73-25-17-57-9-11-59-19-27-75-67(35-59)69-37-61(21-29-77(69)82(75,43-95-51(3)87)44-96-52(4)88)13-15-63-23-31-79-71(39-63)72-40-64(24-32-80(72)84(79,47-99-55(7)91)48-100-56(8)92)16-14-62-22-30-78-70(38-62)68-36-60(12-10-58-18-26-74(81)66(34-58)65(73)33-57)20-28-76(68)83(78,45-97-53(5)89)46-98-54(6)90/h17-40H,41-48H2,1-8H3. The van der Waals surface area contributed by atoms with Gasteiger partial charge in [0.2, 0.25) is 0 Å². The van der Waals surface area contributed by atoms with E-state index >= 15 is 0 Å². The lowest BCUT2D eigenvalue weighted by Gasteiger charge is -2.30. The van der Waals surface area contributed by atoms with E-state index < -0.39 is 69.4 Å². The van der Waals surface area contributed by atoms with Gasteiger partial charge in [0.25, 0.3) is 0 Å². The molecule has 16 bridgehead atoms. The molecule has 496 valence electrons. The number of hydrogen-bond acceptors (Lipinski definition) is 16. The number of fused-ring (bicyclic) bond motifs is 8. The van der Waals surface area contributed by atoms with E-state index in [1.165, 1.54) is 55.4 Å². The number of rotatable bonds is 16. The van der Waals surface area contributed by atoms with Gasteiger partial charge in [0.15, 0.2) is 0 Å². The molecule has 8 aromatic rings. The second kappa shape index (κ2) is 26.3. The average molecular weight is 1330 g/mol. The largest absolute Gasteiger partial charge is 0.464 e. The Morgan fingerprint density at radius 1 is 0.210 bits per heavy atom. The summed E-state index contributed by atoms with van der Waals surface area (Å²) in [7, 11) is 0. The third-order valence-electron chi connectivity index (χ3n) is 19.0. The molecule has 0 N–H and O–H groups in total. The Hall–Kier alpha value is -12.2. The zero-order chi connectivity index (χ0) is 70.4. The topological polar surface area (TPSA) is 210 Å². The Balaban J connectivity index is 1.03. The number of carbonyl (C=O) groups is 8. The van der Waals surface area contributed by atoms with Gasteiger partial charge in [-0.05, 0) is 186 Å². The van der Waals surface area contributed by atoms with Crippen LogP contribution in [0.15, 0.2) is 146 Å². The number of benzene rings is 8. The fraction of sp³-hybridized carbons (Fsp3) is 0.238. The van der Waals surface area contributed by atoms with Crippen molar-refractivity contribution in [2.45, 2.75) is 77.0 Å². The van der Waals surface area contributed by atoms with Crippen molar-refractivity contribution in [3.63, 3.8) is 0 Å². The Labute approximate surface area is 577 Å². The van der Waals surface area contributed by atoms with Crippen LogP contribution in [0.3, 0.4) is 0 Å². The van der Waals surface area contributed by atoms with Crippen molar-refractivity contribution in [2.24, 2.45) is 0 Å². The second-order valence-electron chi connectivity index (χ2n) is 25.7. The molecule has 0 atom stereocenters. The summed E-state index contributed by atoms with van der Waals surface area (Å²) in [5.74, 6) is 23.0. The first kappa shape index (κ1) is 66.4. The summed E-state index contributed by atoms with van der Waals surface area (Å²) in [6.45, 7) is 9.44. The highest BCUT2D eigenvalue weighted by atomic mass is 16.6. The summed E-state index contributed by atoms with van der Waals surface area (Å²) in [5, 5.41) is 0. The van der Waals surface area contributed by atoms with E-state index in [0.717, 1.165) is 89.0 Å². The smallest absolute Gasteiger partial charge is 0.302 e. The molecule has 5 aliphatic rings. The molecule has 16 nitrogen and oxygen atoms in total. The first-order valence-corrected chi connectivity index (χ1v) is 32.3. The number of esters is 8. The van der Waals surface area contributed by atoms with Gasteiger partial charge < -0.3 is 37.9 Å². The highest BCUT2D eigenvalue weighted by Gasteiger charge is 2.50. The summed E-state index contributed by atoms with van der Waals surface area (Å²) in [6.07, 6.45) is 0. The second-order valence-corrected chi connectivity index (χ2v) is 25.7. The minimum Gasteiger partial charge on any atom is -0.464 e. The van der Waals surface area contributed by atoms with E-state index in [4.69, 9.17) is 37.9 Å². The molecule has 5 aliphatic carbocycles. The van der Waals surface area contributed by atoms with Crippen LogP contribution < -0.4 is 0 Å². The van der Waals surface area contributed by atoms with Crippen LogP contribution in [-0.2, 0) is 97.9 Å². The van der Waals surface area contributed by atoms with E-state index in [1.54, 1.807) is 0 Å². The molecule has 0 unspecified atom stereocenters. The summed E-state index contributed by atoms with van der Waals surface area (Å²) in [4.78, 5) is 101. The molecule has 0 amide bonds. The van der Waals surface area contributed by atoms with Crippen LogP contribution in [0.4, 0.5) is 0 Å².